The molecule has 0 saturated heterocycles. The quantitative estimate of drug-likeness (QED) is 0.813. The second kappa shape index (κ2) is 9.39. The fourth-order valence-corrected chi connectivity index (χ4v) is 2.18. The standard InChI is InChI=1S/C13H13ClN2OS.C4H8O2/c1-8(2)12(17)16-13-15-11(7-18-13)9-3-5-10(14)6-4-9;1-3(2)4(5)6/h3-8H,1-2H3,(H,15,16,17);3H,1-2H3,(H,5,6). The van der Waals surface area contributed by atoms with E-state index in [1.54, 1.807) is 13.8 Å². The number of carbonyl (C=O) groups excluding carboxylic acids is 1. The van der Waals surface area contributed by atoms with E-state index < -0.39 is 5.97 Å². The van der Waals surface area contributed by atoms with Crippen molar-refractivity contribution in [3.05, 3.63) is 34.7 Å². The van der Waals surface area contributed by atoms with Crippen LogP contribution in [0, 0.1) is 11.8 Å². The van der Waals surface area contributed by atoms with Crippen LogP contribution in [0.2, 0.25) is 5.02 Å². The van der Waals surface area contributed by atoms with E-state index in [1.807, 2.05) is 43.5 Å². The highest BCUT2D eigenvalue weighted by atomic mass is 35.5. The number of hydrogen-bond acceptors (Lipinski definition) is 4. The normalized spacial score (nSPS) is 10.3. The van der Waals surface area contributed by atoms with Gasteiger partial charge in [0.25, 0.3) is 0 Å². The minimum Gasteiger partial charge on any atom is -0.481 e. The van der Waals surface area contributed by atoms with Crippen LogP contribution >= 0.6 is 22.9 Å². The van der Waals surface area contributed by atoms with Crippen molar-refractivity contribution in [3.63, 3.8) is 0 Å². The molecule has 24 heavy (non-hydrogen) atoms. The first-order valence-electron chi connectivity index (χ1n) is 7.45. The third-order valence-electron chi connectivity index (χ3n) is 2.89. The van der Waals surface area contributed by atoms with Crippen molar-refractivity contribution in [2.45, 2.75) is 27.7 Å². The molecule has 0 bridgehead atoms. The van der Waals surface area contributed by atoms with E-state index in [2.05, 4.69) is 10.3 Å². The lowest BCUT2D eigenvalue weighted by molar-refractivity contribution is -0.140. The van der Waals surface area contributed by atoms with Gasteiger partial charge in [0.1, 0.15) is 0 Å². The molecule has 1 heterocycles. The number of rotatable bonds is 4. The number of aliphatic carboxylic acids is 1. The summed E-state index contributed by atoms with van der Waals surface area (Å²) in [5.74, 6) is -1.04. The number of nitrogens with zero attached hydrogens (tertiary/aromatic N) is 1. The summed E-state index contributed by atoms with van der Waals surface area (Å²) in [6.45, 7) is 6.98. The van der Waals surface area contributed by atoms with Crippen LogP contribution in [0.4, 0.5) is 5.13 Å². The summed E-state index contributed by atoms with van der Waals surface area (Å²) in [5, 5.41) is 14.0. The molecule has 7 heteroatoms. The average molecular weight is 369 g/mol. The molecule has 0 atom stereocenters. The molecule has 0 radical (unpaired) electrons. The molecule has 1 amide bonds. The Labute approximate surface area is 150 Å². The van der Waals surface area contributed by atoms with Crippen molar-refractivity contribution in [3.8, 4) is 11.3 Å². The second-order valence-corrected chi connectivity index (χ2v) is 6.98. The molecular formula is C17H21ClN2O3S. The van der Waals surface area contributed by atoms with Crippen molar-refractivity contribution in [1.29, 1.82) is 0 Å². The monoisotopic (exact) mass is 368 g/mol. The Morgan fingerprint density at radius 3 is 2.12 bits per heavy atom. The summed E-state index contributed by atoms with van der Waals surface area (Å²) in [4.78, 5) is 25.6. The Kier molecular flexibility index (Phi) is 7.88. The maximum atomic E-state index is 11.5. The minimum absolute atomic E-state index is 0.0213. The number of nitrogens with one attached hydrogen (secondary N) is 1. The van der Waals surface area contributed by atoms with Gasteiger partial charge in [-0.1, -0.05) is 51.4 Å². The predicted molar refractivity (Wildman–Crippen MR) is 98.5 cm³/mol. The van der Waals surface area contributed by atoms with Crippen LogP contribution in [-0.2, 0) is 9.59 Å². The maximum absolute atomic E-state index is 11.5. The van der Waals surface area contributed by atoms with Crippen molar-refractivity contribution in [2.24, 2.45) is 11.8 Å². The molecule has 0 saturated carbocycles. The first-order chi connectivity index (χ1) is 11.2. The molecule has 0 aliphatic carbocycles. The first-order valence-corrected chi connectivity index (χ1v) is 8.71. The molecule has 0 aliphatic rings. The van der Waals surface area contributed by atoms with Crippen LogP contribution < -0.4 is 5.32 Å². The van der Waals surface area contributed by atoms with Gasteiger partial charge in [0.15, 0.2) is 5.13 Å². The van der Waals surface area contributed by atoms with Gasteiger partial charge in [-0.25, -0.2) is 4.98 Å². The lowest BCUT2D eigenvalue weighted by Crippen LogP contribution is -2.17. The van der Waals surface area contributed by atoms with Gasteiger partial charge < -0.3 is 10.4 Å². The van der Waals surface area contributed by atoms with Crippen LogP contribution in [0.15, 0.2) is 29.6 Å². The number of aromatic nitrogens is 1. The van der Waals surface area contributed by atoms with Crippen molar-refractivity contribution < 1.29 is 14.7 Å². The van der Waals surface area contributed by atoms with Crippen molar-refractivity contribution >= 4 is 39.9 Å². The zero-order valence-electron chi connectivity index (χ0n) is 14.0. The first kappa shape index (κ1) is 20.1. The molecule has 0 unspecified atom stereocenters. The Bertz CT molecular complexity index is 681. The number of thiazole rings is 1. The number of hydrogen-bond donors (Lipinski definition) is 2. The Balaban J connectivity index is 0.000000413. The topological polar surface area (TPSA) is 79.3 Å². The Hall–Kier alpha value is -1.92. The average Bonchev–Trinajstić information content (AvgIpc) is 2.96. The van der Waals surface area contributed by atoms with Crippen LogP contribution in [-0.4, -0.2) is 22.0 Å². The van der Waals surface area contributed by atoms with E-state index in [4.69, 9.17) is 16.7 Å². The predicted octanol–water partition coefficient (Wildman–Crippen LogP) is 4.79. The maximum Gasteiger partial charge on any atom is 0.305 e. The van der Waals surface area contributed by atoms with Crippen LogP contribution in [0.3, 0.4) is 0 Å². The third kappa shape index (κ3) is 6.68. The number of benzene rings is 1. The van der Waals surface area contributed by atoms with E-state index in [9.17, 15) is 9.59 Å². The molecule has 2 aromatic rings. The Morgan fingerprint density at radius 1 is 1.12 bits per heavy atom. The molecule has 1 aromatic carbocycles. The third-order valence-corrected chi connectivity index (χ3v) is 3.90. The van der Waals surface area contributed by atoms with Gasteiger partial charge in [0, 0.05) is 21.9 Å². The molecule has 2 rings (SSSR count). The van der Waals surface area contributed by atoms with E-state index >= 15 is 0 Å². The summed E-state index contributed by atoms with van der Waals surface area (Å²) in [6, 6.07) is 7.46. The summed E-state index contributed by atoms with van der Waals surface area (Å²) >= 11 is 7.25. The van der Waals surface area contributed by atoms with Crippen molar-refractivity contribution in [1.82, 2.24) is 4.98 Å². The number of carboxylic acids is 1. The fourth-order valence-electron chi connectivity index (χ4n) is 1.33. The van der Waals surface area contributed by atoms with E-state index in [1.165, 1.54) is 11.3 Å². The minimum atomic E-state index is -0.741. The van der Waals surface area contributed by atoms with Gasteiger partial charge in [-0.2, -0.15) is 0 Å². The van der Waals surface area contributed by atoms with E-state index in [0.29, 0.717) is 10.2 Å². The molecule has 0 fully saturated rings. The van der Waals surface area contributed by atoms with Gasteiger partial charge in [0.05, 0.1) is 11.6 Å². The lowest BCUT2D eigenvalue weighted by atomic mass is 10.2. The number of amides is 1. The van der Waals surface area contributed by atoms with E-state index in [0.717, 1.165) is 11.3 Å². The van der Waals surface area contributed by atoms with Crippen LogP contribution in [0.25, 0.3) is 11.3 Å². The van der Waals surface area contributed by atoms with Gasteiger partial charge in [0.2, 0.25) is 5.91 Å². The SMILES string of the molecule is CC(C)C(=O)Nc1nc(-c2ccc(Cl)cc2)cs1.CC(C)C(=O)O. The zero-order valence-corrected chi connectivity index (χ0v) is 15.6. The second-order valence-electron chi connectivity index (χ2n) is 5.68. The molecule has 0 spiro atoms. The van der Waals surface area contributed by atoms with E-state index in [-0.39, 0.29) is 17.7 Å². The summed E-state index contributed by atoms with van der Waals surface area (Å²) in [6.07, 6.45) is 0. The van der Waals surface area contributed by atoms with Gasteiger partial charge in [-0.05, 0) is 12.1 Å². The fraction of sp³-hybridized carbons (Fsp3) is 0.353. The summed E-state index contributed by atoms with van der Waals surface area (Å²) < 4.78 is 0. The molecule has 0 aliphatic heterocycles. The largest absolute Gasteiger partial charge is 0.481 e. The number of carbonyl (C=O) groups is 2. The molecule has 1 aromatic heterocycles. The highest BCUT2D eigenvalue weighted by Crippen LogP contribution is 2.26. The highest BCUT2D eigenvalue weighted by molar-refractivity contribution is 7.14. The number of halogens is 1. The zero-order chi connectivity index (χ0) is 18.3. The van der Waals surface area contributed by atoms with Crippen LogP contribution in [0.5, 0.6) is 0 Å². The Morgan fingerprint density at radius 2 is 1.67 bits per heavy atom. The summed E-state index contributed by atoms with van der Waals surface area (Å²) in [7, 11) is 0. The van der Waals surface area contributed by atoms with Crippen LogP contribution in [0.1, 0.15) is 27.7 Å². The number of anilines is 1. The molecule has 5 nitrogen and oxygen atoms in total. The smallest absolute Gasteiger partial charge is 0.305 e. The van der Waals surface area contributed by atoms with Gasteiger partial charge in [-0.15, -0.1) is 11.3 Å². The summed E-state index contributed by atoms with van der Waals surface area (Å²) in [5.41, 5.74) is 1.83. The molecular weight excluding hydrogens is 348 g/mol. The number of carboxylic acid groups (broad SMARTS) is 1. The van der Waals surface area contributed by atoms with Gasteiger partial charge >= 0.3 is 5.97 Å². The van der Waals surface area contributed by atoms with Crippen molar-refractivity contribution in [2.75, 3.05) is 5.32 Å². The lowest BCUT2D eigenvalue weighted by Gasteiger charge is -2.03. The highest BCUT2D eigenvalue weighted by Gasteiger charge is 2.10. The van der Waals surface area contributed by atoms with Gasteiger partial charge in [-0.3, -0.25) is 9.59 Å². The molecule has 2 N–H and O–H groups in total. The molecule has 130 valence electrons.